The lowest BCUT2D eigenvalue weighted by atomic mass is 9.93. The van der Waals surface area contributed by atoms with Gasteiger partial charge < -0.3 is 28.7 Å². The van der Waals surface area contributed by atoms with Gasteiger partial charge in [-0.3, -0.25) is 15.2 Å². The first kappa shape index (κ1) is 39.5. The summed E-state index contributed by atoms with van der Waals surface area (Å²) in [6.07, 6.45) is 5.50. The molecule has 4 saturated heterocycles. The number of nitrogens with zero attached hydrogens (tertiary/aromatic N) is 7. The van der Waals surface area contributed by atoms with Crippen LogP contribution in [0, 0.1) is 23.0 Å². The average molecular weight is 831 g/mol. The summed E-state index contributed by atoms with van der Waals surface area (Å²) in [5, 5.41) is 13.6. The van der Waals surface area contributed by atoms with Gasteiger partial charge in [-0.05, 0) is 104 Å². The van der Waals surface area contributed by atoms with E-state index in [1.807, 2.05) is 20.8 Å². The number of piperazine rings is 1. The second-order valence-corrected chi connectivity index (χ2v) is 19.3. The van der Waals surface area contributed by atoms with E-state index in [4.69, 9.17) is 28.9 Å². The van der Waals surface area contributed by atoms with Crippen LogP contribution in [0.2, 0.25) is 0 Å². The Morgan fingerprint density at radius 3 is 2.34 bits per heavy atom. The zero-order chi connectivity index (χ0) is 41.6. The summed E-state index contributed by atoms with van der Waals surface area (Å²) in [4.78, 5) is 46.8. The number of amides is 2. The van der Waals surface area contributed by atoms with Gasteiger partial charge in [0, 0.05) is 36.1 Å². The maximum atomic E-state index is 17.9. The van der Waals surface area contributed by atoms with Crippen molar-refractivity contribution in [1.82, 2.24) is 24.8 Å². The van der Waals surface area contributed by atoms with Crippen molar-refractivity contribution in [3.05, 3.63) is 34.5 Å². The molecule has 2 unspecified atom stereocenters. The second kappa shape index (κ2) is 14.4. The van der Waals surface area contributed by atoms with Crippen LogP contribution in [-0.2, 0) is 27.4 Å². The highest BCUT2D eigenvalue weighted by atomic mass is 32.1. The molecule has 5 aliphatic rings. The number of nitrogens with one attached hydrogen (secondary N) is 1. The average Bonchev–Trinajstić information content (AvgIpc) is 3.98. The number of halogens is 2. The summed E-state index contributed by atoms with van der Waals surface area (Å²) in [6.45, 7) is 13.9. The number of carbonyl (C=O) groups is 2. The minimum atomic E-state index is -0.831. The molecule has 1 N–H and O–H groups in total. The first-order valence-corrected chi connectivity index (χ1v) is 21.1. The maximum Gasteiger partial charge on any atom is 0.412 e. The fourth-order valence-corrected chi connectivity index (χ4v) is 10.8. The lowest BCUT2D eigenvalue weighted by molar-refractivity contribution is 0.0209. The molecule has 9 rings (SSSR count). The van der Waals surface area contributed by atoms with E-state index in [9.17, 15) is 14.9 Å². The third-order valence-corrected chi connectivity index (χ3v) is 13.2. The molecule has 17 heteroatoms. The number of fused-ring (bicyclic) bond motifs is 7. The van der Waals surface area contributed by atoms with Crippen LogP contribution in [0.15, 0.2) is 6.20 Å². The predicted molar refractivity (Wildman–Crippen MR) is 216 cm³/mol. The monoisotopic (exact) mass is 830 g/mol. The Labute approximate surface area is 344 Å². The van der Waals surface area contributed by atoms with Crippen molar-refractivity contribution in [3.63, 3.8) is 0 Å². The van der Waals surface area contributed by atoms with Gasteiger partial charge >= 0.3 is 18.2 Å². The van der Waals surface area contributed by atoms with E-state index in [0.29, 0.717) is 42.0 Å². The largest absolute Gasteiger partial charge is 0.461 e. The molecule has 4 aromatic rings. The molecule has 2 atom stereocenters. The number of ether oxygens (including phenoxy) is 4. The number of benzene rings is 1. The lowest BCUT2D eigenvalue weighted by Gasteiger charge is -2.42. The molecule has 4 fully saturated rings. The molecule has 0 radical (unpaired) electrons. The summed E-state index contributed by atoms with van der Waals surface area (Å²) in [5.74, 6) is -0.962. The summed E-state index contributed by atoms with van der Waals surface area (Å²) < 4.78 is 57.3. The van der Waals surface area contributed by atoms with Crippen LogP contribution < -0.4 is 15.0 Å². The topological polar surface area (TPSA) is 155 Å². The zero-order valence-corrected chi connectivity index (χ0v) is 35.0. The molecular formula is C42H48F2N8O6S. The minimum absolute atomic E-state index is 0.00876. The molecular weight excluding hydrogens is 783 g/mol. The molecule has 14 nitrogen and oxygen atoms in total. The third kappa shape index (κ3) is 6.96. The van der Waals surface area contributed by atoms with E-state index in [-0.39, 0.29) is 80.4 Å². The number of likely N-dealkylation sites (tertiary alicyclic amines) is 1. The minimum Gasteiger partial charge on any atom is -0.461 e. The third-order valence-electron chi connectivity index (χ3n) is 12.0. The molecule has 0 aliphatic carbocycles. The molecule has 2 amide bonds. The van der Waals surface area contributed by atoms with E-state index in [1.54, 1.807) is 25.7 Å². The van der Waals surface area contributed by atoms with Crippen LogP contribution >= 0.6 is 11.3 Å². The van der Waals surface area contributed by atoms with E-state index in [1.165, 1.54) is 0 Å². The Morgan fingerprint density at radius 2 is 1.68 bits per heavy atom. The number of anilines is 2. The fraction of sp³-hybridized carbons (Fsp3) is 0.571. The Kier molecular flexibility index (Phi) is 9.63. The van der Waals surface area contributed by atoms with Gasteiger partial charge in [0.05, 0.1) is 46.3 Å². The smallest absolute Gasteiger partial charge is 0.412 e. The number of hydrogen-bond acceptors (Lipinski definition) is 13. The Hall–Kier alpha value is -4.92. The van der Waals surface area contributed by atoms with Crippen molar-refractivity contribution in [1.29, 1.82) is 5.26 Å². The molecule has 3 aromatic heterocycles. The van der Waals surface area contributed by atoms with Gasteiger partial charge in [0.1, 0.15) is 40.2 Å². The van der Waals surface area contributed by atoms with Crippen molar-refractivity contribution in [2.75, 3.05) is 43.0 Å². The molecule has 5 aliphatic heterocycles. The second-order valence-electron chi connectivity index (χ2n) is 18.3. The van der Waals surface area contributed by atoms with Crippen molar-refractivity contribution >= 4 is 55.3 Å². The van der Waals surface area contributed by atoms with Gasteiger partial charge in [-0.15, -0.1) is 11.3 Å². The zero-order valence-electron chi connectivity index (χ0n) is 34.2. The van der Waals surface area contributed by atoms with Crippen LogP contribution in [-0.4, -0.2) is 98.5 Å². The highest BCUT2D eigenvalue weighted by Gasteiger charge is 2.47. The number of pyridine rings is 1. The van der Waals surface area contributed by atoms with E-state index >= 15 is 8.78 Å². The number of nitriles is 1. The number of hydrogen-bond donors (Lipinski definition) is 1. The van der Waals surface area contributed by atoms with Gasteiger partial charge in [-0.25, -0.2) is 18.4 Å². The predicted octanol–water partition coefficient (Wildman–Crippen LogP) is 8.03. The summed E-state index contributed by atoms with van der Waals surface area (Å²) in [6, 6.07) is 1.86. The first-order chi connectivity index (χ1) is 28.0. The molecule has 2 bridgehead atoms. The quantitative estimate of drug-likeness (QED) is 0.200. The molecule has 8 heterocycles. The molecule has 0 saturated carbocycles. The van der Waals surface area contributed by atoms with Gasteiger partial charge in [0.2, 0.25) is 0 Å². The summed E-state index contributed by atoms with van der Waals surface area (Å²) in [7, 11) is 0. The van der Waals surface area contributed by atoms with Crippen molar-refractivity contribution < 1.29 is 37.3 Å². The standard InChI is InChI=1S/C42H48F2N8O6S/c1-40(2,3)57-38(53)49-36-24(15-45)29-32(46-16-27(43)34(29)59-36)28-25-19-55-20-26(25)30-33(31(28)44)47-37(56-21-42-11-7-13-51(42)14-8-12-42)48-35(30)52-22-9-10-23(52)18-50(17-22)39(54)58-41(4,5)6/h16,22-23H,7-14,17-21H2,1-6H3,(H,49,53). The lowest BCUT2D eigenvalue weighted by Crippen LogP contribution is -2.56. The highest BCUT2D eigenvalue weighted by molar-refractivity contribution is 7.23. The van der Waals surface area contributed by atoms with E-state index < -0.39 is 28.9 Å². The van der Waals surface area contributed by atoms with Crippen molar-refractivity contribution in [2.45, 2.75) is 122 Å². The summed E-state index contributed by atoms with van der Waals surface area (Å²) in [5.41, 5.74) is -0.510. The van der Waals surface area contributed by atoms with Gasteiger partial charge in [-0.2, -0.15) is 15.2 Å². The number of aromatic nitrogens is 3. The maximum absolute atomic E-state index is 17.9. The van der Waals surface area contributed by atoms with Crippen molar-refractivity contribution in [2.24, 2.45) is 0 Å². The summed E-state index contributed by atoms with van der Waals surface area (Å²) >= 11 is 0.846. The van der Waals surface area contributed by atoms with Crippen molar-refractivity contribution in [3.8, 4) is 23.3 Å². The Morgan fingerprint density at radius 1 is 1.00 bits per heavy atom. The fourth-order valence-electron chi connectivity index (χ4n) is 9.72. The normalized spacial score (nSPS) is 21.2. The number of rotatable bonds is 6. The molecule has 1 aromatic carbocycles. The Bertz CT molecular complexity index is 2420. The Balaban J connectivity index is 1.20. The number of thiophene rings is 1. The van der Waals surface area contributed by atoms with Gasteiger partial charge in [-0.1, -0.05) is 0 Å². The van der Waals surface area contributed by atoms with E-state index in [2.05, 4.69) is 26.2 Å². The van der Waals surface area contributed by atoms with Crippen LogP contribution in [0.3, 0.4) is 0 Å². The SMILES string of the molecule is CC(C)(C)OC(=O)Nc1sc2c(F)cnc(-c3c4c(c5c(N6C7CCC6CN(C(=O)OC(C)(C)C)C7)nc(OCC67CCCN6CCC7)nc5c3F)COC4)c2c1C#N. The first-order valence-electron chi connectivity index (χ1n) is 20.3. The van der Waals surface area contributed by atoms with E-state index in [0.717, 1.165) is 69.1 Å². The van der Waals surface area contributed by atoms with Crippen LogP contribution in [0.5, 0.6) is 6.01 Å². The van der Waals surface area contributed by atoms with Gasteiger partial charge in [0.25, 0.3) is 0 Å². The van der Waals surface area contributed by atoms with Gasteiger partial charge in [0.15, 0.2) is 11.6 Å². The van der Waals surface area contributed by atoms with Crippen LogP contribution in [0.1, 0.15) is 96.8 Å². The van der Waals surface area contributed by atoms with Crippen LogP contribution in [0.25, 0.3) is 32.2 Å². The van der Waals surface area contributed by atoms with Crippen LogP contribution in [0.4, 0.5) is 29.2 Å². The molecule has 312 valence electrons. The molecule has 59 heavy (non-hydrogen) atoms. The number of carbonyl (C=O) groups excluding carboxylic acids is 2. The molecule has 0 spiro atoms. The highest BCUT2D eigenvalue weighted by Crippen LogP contribution is 2.49.